The highest BCUT2D eigenvalue weighted by Crippen LogP contribution is 2.17. The molecule has 0 saturated carbocycles. The van der Waals surface area contributed by atoms with Gasteiger partial charge in [-0.15, -0.1) is 24.0 Å². The minimum absolute atomic E-state index is 0. The van der Waals surface area contributed by atoms with Crippen molar-refractivity contribution in [1.29, 1.82) is 0 Å². The Morgan fingerprint density at radius 3 is 2.55 bits per heavy atom. The molecule has 0 spiro atoms. The maximum Gasteiger partial charge on any atom is 0.193 e. The second-order valence-corrected chi connectivity index (χ2v) is 4.51. The van der Waals surface area contributed by atoms with E-state index in [1.54, 1.807) is 6.07 Å². The predicted molar refractivity (Wildman–Crippen MR) is 82.8 cm³/mol. The van der Waals surface area contributed by atoms with Gasteiger partial charge in [-0.05, 0) is 18.2 Å². The van der Waals surface area contributed by atoms with Crippen LogP contribution in [-0.2, 0) is 5.88 Å². The van der Waals surface area contributed by atoms with Gasteiger partial charge in [0.25, 0.3) is 0 Å². The highest BCUT2D eigenvalue weighted by Gasteiger charge is 2.10. The zero-order valence-corrected chi connectivity index (χ0v) is 12.0. The Bertz CT molecular complexity index is 738. The molecular formula is C15H12Cl2N2O. The topological polar surface area (TPSA) is 45.8 Å². The van der Waals surface area contributed by atoms with Crippen molar-refractivity contribution in [2.24, 2.45) is 0 Å². The second-order valence-electron chi connectivity index (χ2n) is 4.24. The van der Waals surface area contributed by atoms with E-state index in [2.05, 4.69) is 9.97 Å². The van der Waals surface area contributed by atoms with Gasteiger partial charge in [-0.3, -0.25) is 4.79 Å². The van der Waals surface area contributed by atoms with Gasteiger partial charge in [0.15, 0.2) is 5.78 Å². The molecule has 5 heteroatoms. The minimum Gasteiger partial charge on any atom is -0.341 e. The first-order valence-electron chi connectivity index (χ1n) is 5.92. The van der Waals surface area contributed by atoms with Crippen molar-refractivity contribution in [2.75, 3.05) is 0 Å². The van der Waals surface area contributed by atoms with Crippen molar-refractivity contribution >= 4 is 40.8 Å². The minimum atomic E-state index is 0. The highest BCUT2D eigenvalue weighted by atomic mass is 35.5. The lowest BCUT2D eigenvalue weighted by Gasteiger charge is -2.00. The van der Waals surface area contributed by atoms with E-state index < -0.39 is 0 Å². The highest BCUT2D eigenvalue weighted by molar-refractivity contribution is 6.17. The third-order valence-electron chi connectivity index (χ3n) is 2.96. The van der Waals surface area contributed by atoms with Gasteiger partial charge in [-0.25, -0.2) is 4.98 Å². The number of fused-ring (bicyclic) bond motifs is 1. The van der Waals surface area contributed by atoms with E-state index in [-0.39, 0.29) is 18.2 Å². The number of aromatic amines is 1. The molecule has 0 saturated heterocycles. The fourth-order valence-corrected chi connectivity index (χ4v) is 2.15. The second kappa shape index (κ2) is 6.07. The number of hydrogen-bond acceptors (Lipinski definition) is 2. The molecule has 2 aromatic carbocycles. The summed E-state index contributed by atoms with van der Waals surface area (Å²) in [5.41, 5.74) is 2.97. The van der Waals surface area contributed by atoms with Gasteiger partial charge in [0.2, 0.25) is 0 Å². The fourth-order valence-electron chi connectivity index (χ4n) is 2.02. The zero-order chi connectivity index (χ0) is 13.2. The lowest BCUT2D eigenvalue weighted by atomic mass is 10.0. The molecule has 0 aliphatic rings. The smallest absolute Gasteiger partial charge is 0.193 e. The van der Waals surface area contributed by atoms with Crippen molar-refractivity contribution in [3.8, 4) is 0 Å². The largest absolute Gasteiger partial charge is 0.341 e. The van der Waals surface area contributed by atoms with Crippen molar-refractivity contribution in [2.45, 2.75) is 5.88 Å². The summed E-state index contributed by atoms with van der Waals surface area (Å²) >= 11 is 5.74. The van der Waals surface area contributed by atoms with Crippen LogP contribution in [0.15, 0.2) is 48.5 Å². The molecule has 0 radical (unpaired) electrons. The Hall–Kier alpha value is -1.84. The standard InChI is InChI=1S/C15H11ClN2O.ClH/c16-9-14-17-12-7-6-11(8-13(12)18-14)15(19)10-4-2-1-3-5-10;/h1-8H,9H2,(H,17,18);1H. The van der Waals surface area contributed by atoms with Gasteiger partial charge in [-0.1, -0.05) is 30.3 Å². The van der Waals surface area contributed by atoms with Crippen molar-refractivity contribution in [3.05, 3.63) is 65.5 Å². The number of ketones is 1. The number of halogens is 2. The Kier molecular flexibility index (Phi) is 4.42. The summed E-state index contributed by atoms with van der Waals surface area (Å²) in [6.45, 7) is 0. The number of nitrogens with one attached hydrogen (secondary N) is 1. The Labute approximate surface area is 127 Å². The molecule has 1 N–H and O–H groups in total. The molecular weight excluding hydrogens is 295 g/mol. The number of imidazole rings is 1. The monoisotopic (exact) mass is 306 g/mol. The van der Waals surface area contributed by atoms with Crippen LogP contribution in [0.1, 0.15) is 21.7 Å². The van der Waals surface area contributed by atoms with Gasteiger partial charge >= 0.3 is 0 Å². The third-order valence-corrected chi connectivity index (χ3v) is 3.21. The van der Waals surface area contributed by atoms with Crippen LogP contribution in [0, 0.1) is 0 Å². The maximum absolute atomic E-state index is 12.3. The van der Waals surface area contributed by atoms with Crippen LogP contribution in [0.5, 0.6) is 0 Å². The molecule has 0 atom stereocenters. The summed E-state index contributed by atoms with van der Waals surface area (Å²) in [4.78, 5) is 19.7. The predicted octanol–water partition coefficient (Wildman–Crippen LogP) is 3.95. The molecule has 3 aromatic rings. The number of nitrogens with zero attached hydrogens (tertiary/aromatic N) is 1. The van der Waals surface area contributed by atoms with Gasteiger partial charge in [0.05, 0.1) is 16.9 Å². The lowest BCUT2D eigenvalue weighted by Crippen LogP contribution is -2.00. The number of aromatic nitrogens is 2. The first-order valence-corrected chi connectivity index (χ1v) is 6.46. The number of H-pyrrole nitrogens is 1. The summed E-state index contributed by atoms with van der Waals surface area (Å²) in [6.07, 6.45) is 0. The molecule has 20 heavy (non-hydrogen) atoms. The van der Waals surface area contributed by atoms with E-state index >= 15 is 0 Å². The summed E-state index contributed by atoms with van der Waals surface area (Å²) in [5.74, 6) is 1.04. The van der Waals surface area contributed by atoms with Crippen LogP contribution in [0.3, 0.4) is 0 Å². The number of benzene rings is 2. The molecule has 0 amide bonds. The Balaban J connectivity index is 0.00000147. The molecule has 102 valence electrons. The molecule has 0 bridgehead atoms. The lowest BCUT2D eigenvalue weighted by molar-refractivity contribution is 0.103. The number of carbonyl (C=O) groups is 1. The normalized spacial score (nSPS) is 10.2. The average Bonchev–Trinajstić information content (AvgIpc) is 2.89. The van der Waals surface area contributed by atoms with E-state index in [9.17, 15) is 4.79 Å². The fraction of sp³-hybridized carbons (Fsp3) is 0.0667. The van der Waals surface area contributed by atoms with Crippen LogP contribution in [-0.4, -0.2) is 15.8 Å². The van der Waals surface area contributed by atoms with Crippen LogP contribution in [0.25, 0.3) is 11.0 Å². The quantitative estimate of drug-likeness (QED) is 0.588. The van der Waals surface area contributed by atoms with Gasteiger partial charge in [-0.2, -0.15) is 0 Å². The van der Waals surface area contributed by atoms with Crippen LogP contribution < -0.4 is 0 Å². The van der Waals surface area contributed by atoms with Gasteiger partial charge in [0.1, 0.15) is 5.82 Å². The first-order chi connectivity index (χ1) is 9.28. The average molecular weight is 307 g/mol. The molecule has 1 aromatic heterocycles. The van der Waals surface area contributed by atoms with Crippen LogP contribution >= 0.6 is 24.0 Å². The number of alkyl halides is 1. The van der Waals surface area contributed by atoms with Crippen molar-refractivity contribution < 1.29 is 4.79 Å². The Morgan fingerprint density at radius 1 is 1.10 bits per heavy atom. The number of hydrogen-bond donors (Lipinski definition) is 1. The molecule has 3 rings (SSSR count). The van der Waals surface area contributed by atoms with Gasteiger partial charge in [0, 0.05) is 11.1 Å². The summed E-state index contributed by atoms with van der Waals surface area (Å²) in [6, 6.07) is 14.7. The maximum atomic E-state index is 12.3. The zero-order valence-electron chi connectivity index (χ0n) is 10.5. The molecule has 3 nitrogen and oxygen atoms in total. The van der Waals surface area contributed by atoms with Crippen molar-refractivity contribution in [1.82, 2.24) is 9.97 Å². The molecule has 0 aliphatic carbocycles. The first kappa shape index (κ1) is 14.6. The summed E-state index contributed by atoms with van der Waals surface area (Å²) < 4.78 is 0. The number of carbonyl (C=O) groups excluding carboxylic acids is 1. The third kappa shape index (κ3) is 2.69. The van der Waals surface area contributed by atoms with E-state index in [4.69, 9.17) is 11.6 Å². The molecule has 0 fully saturated rings. The Morgan fingerprint density at radius 2 is 1.85 bits per heavy atom. The van der Waals surface area contributed by atoms with Crippen LogP contribution in [0.4, 0.5) is 0 Å². The van der Waals surface area contributed by atoms with E-state index in [0.29, 0.717) is 22.8 Å². The molecule has 0 unspecified atom stereocenters. The summed E-state index contributed by atoms with van der Waals surface area (Å²) in [7, 11) is 0. The van der Waals surface area contributed by atoms with E-state index in [0.717, 1.165) is 11.0 Å². The van der Waals surface area contributed by atoms with Crippen molar-refractivity contribution in [3.63, 3.8) is 0 Å². The molecule has 1 heterocycles. The summed E-state index contributed by atoms with van der Waals surface area (Å²) in [5, 5.41) is 0. The molecule has 0 aliphatic heterocycles. The van der Waals surface area contributed by atoms with Crippen LogP contribution in [0.2, 0.25) is 0 Å². The van der Waals surface area contributed by atoms with E-state index in [1.165, 1.54) is 0 Å². The van der Waals surface area contributed by atoms with E-state index in [1.807, 2.05) is 42.5 Å². The van der Waals surface area contributed by atoms with Gasteiger partial charge < -0.3 is 4.98 Å². The number of rotatable bonds is 3. The SMILES string of the molecule is Cl.O=C(c1ccccc1)c1ccc2nc(CCl)[nH]c2c1.